The van der Waals surface area contributed by atoms with E-state index in [4.69, 9.17) is 9.47 Å². The van der Waals surface area contributed by atoms with Gasteiger partial charge in [0.2, 0.25) is 0 Å². The van der Waals surface area contributed by atoms with Gasteiger partial charge in [-0.15, -0.1) is 0 Å². The lowest BCUT2D eigenvalue weighted by molar-refractivity contribution is 0.0182. The van der Waals surface area contributed by atoms with Crippen molar-refractivity contribution in [1.82, 2.24) is 15.3 Å². The van der Waals surface area contributed by atoms with E-state index in [0.717, 1.165) is 17.9 Å². The number of methoxy groups -OCH3 is 1. The van der Waals surface area contributed by atoms with E-state index in [2.05, 4.69) is 15.3 Å². The first-order valence-electron chi connectivity index (χ1n) is 6.50. The van der Waals surface area contributed by atoms with Crippen LogP contribution in [0.15, 0.2) is 6.07 Å². The van der Waals surface area contributed by atoms with E-state index in [0.29, 0.717) is 25.4 Å². The van der Waals surface area contributed by atoms with Crippen LogP contribution >= 0.6 is 0 Å². The van der Waals surface area contributed by atoms with Crippen LogP contribution in [0.2, 0.25) is 0 Å². The van der Waals surface area contributed by atoms with Gasteiger partial charge in [-0.05, 0) is 13.0 Å². The van der Waals surface area contributed by atoms with E-state index in [1.165, 1.54) is 0 Å². The molecule has 1 aromatic heterocycles. The summed E-state index contributed by atoms with van der Waals surface area (Å²) in [6.07, 6.45) is -2.01. The SMILES string of the molecule is COCCNCc1cc(C)nc(CCOCC(F)F)n1. The summed E-state index contributed by atoms with van der Waals surface area (Å²) in [7, 11) is 1.65. The number of nitrogens with zero attached hydrogens (tertiary/aromatic N) is 2. The first kappa shape index (κ1) is 16.9. The number of hydrogen-bond donors (Lipinski definition) is 1. The number of nitrogens with one attached hydrogen (secondary N) is 1. The molecule has 0 aliphatic rings. The molecule has 7 heteroatoms. The minimum absolute atomic E-state index is 0.199. The van der Waals surface area contributed by atoms with Crippen LogP contribution in [-0.4, -0.2) is 49.9 Å². The van der Waals surface area contributed by atoms with Crippen molar-refractivity contribution in [3.63, 3.8) is 0 Å². The molecule has 0 atom stereocenters. The molecule has 0 amide bonds. The number of alkyl halides is 2. The van der Waals surface area contributed by atoms with Crippen LogP contribution in [0.1, 0.15) is 17.2 Å². The second-order valence-corrected chi connectivity index (χ2v) is 4.30. The number of hydrogen-bond acceptors (Lipinski definition) is 5. The summed E-state index contributed by atoms with van der Waals surface area (Å²) in [6.45, 7) is 3.54. The Hall–Kier alpha value is -1.18. The van der Waals surface area contributed by atoms with Crippen LogP contribution < -0.4 is 5.32 Å². The van der Waals surface area contributed by atoms with E-state index in [-0.39, 0.29) is 6.61 Å². The highest BCUT2D eigenvalue weighted by molar-refractivity contribution is 5.10. The predicted molar refractivity (Wildman–Crippen MR) is 70.9 cm³/mol. The Labute approximate surface area is 117 Å². The molecule has 1 aromatic rings. The van der Waals surface area contributed by atoms with Crippen molar-refractivity contribution >= 4 is 0 Å². The van der Waals surface area contributed by atoms with Gasteiger partial charge in [0.15, 0.2) is 0 Å². The van der Waals surface area contributed by atoms with E-state index in [1.807, 2.05) is 13.0 Å². The zero-order valence-electron chi connectivity index (χ0n) is 11.9. The molecule has 0 radical (unpaired) electrons. The molecule has 0 spiro atoms. The second kappa shape index (κ2) is 9.68. The zero-order chi connectivity index (χ0) is 14.8. The number of ether oxygens (including phenoxy) is 2. The van der Waals surface area contributed by atoms with Crippen molar-refractivity contribution in [3.8, 4) is 0 Å². The maximum absolute atomic E-state index is 11.9. The highest BCUT2D eigenvalue weighted by Gasteiger charge is 2.05. The highest BCUT2D eigenvalue weighted by Crippen LogP contribution is 2.02. The third-order valence-corrected chi connectivity index (χ3v) is 2.46. The van der Waals surface area contributed by atoms with Gasteiger partial charge in [-0.3, -0.25) is 0 Å². The summed E-state index contributed by atoms with van der Waals surface area (Å²) in [4.78, 5) is 8.63. The van der Waals surface area contributed by atoms with Crippen molar-refractivity contribution < 1.29 is 18.3 Å². The molecular weight excluding hydrogens is 268 g/mol. The predicted octanol–water partition coefficient (Wildman–Crippen LogP) is 1.35. The van der Waals surface area contributed by atoms with Gasteiger partial charge in [0.1, 0.15) is 12.4 Å². The first-order valence-corrected chi connectivity index (χ1v) is 6.50. The molecule has 1 heterocycles. The molecule has 0 aromatic carbocycles. The van der Waals surface area contributed by atoms with Crippen LogP contribution in [0, 0.1) is 6.92 Å². The smallest absolute Gasteiger partial charge is 0.261 e. The van der Waals surface area contributed by atoms with Crippen LogP contribution in [0.3, 0.4) is 0 Å². The van der Waals surface area contributed by atoms with Crippen molar-refractivity contribution in [3.05, 3.63) is 23.3 Å². The van der Waals surface area contributed by atoms with Gasteiger partial charge in [-0.1, -0.05) is 0 Å². The maximum Gasteiger partial charge on any atom is 0.261 e. The molecule has 0 bridgehead atoms. The fourth-order valence-corrected chi connectivity index (χ4v) is 1.63. The van der Waals surface area contributed by atoms with E-state index < -0.39 is 13.0 Å². The van der Waals surface area contributed by atoms with Crippen molar-refractivity contribution in [2.75, 3.05) is 33.5 Å². The quantitative estimate of drug-likeness (QED) is 0.659. The lowest BCUT2D eigenvalue weighted by atomic mass is 10.3. The summed E-state index contributed by atoms with van der Waals surface area (Å²) in [5.74, 6) is 0.614. The molecule has 114 valence electrons. The van der Waals surface area contributed by atoms with Crippen LogP contribution in [-0.2, 0) is 22.4 Å². The number of halogens is 2. The Morgan fingerprint density at radius 2 is 2.10 bits per heavy atom. The molecule has 20 heavy (non-hydrogen) atoms. The van der Waals surface area contributed by atoms with Gasteiger partial charge in [0.25, 0.3) is 6.43 Å². The Bertz CT molecular complexity index is 392. The second-order valence-electron chi connectivity index (χ2n) is 4.30. The Balaban J connectivity index is 2.40. The fourth-order valence-electron chi connectivity index (χ4n) is 1.63. The molecule has 0 aliphatic heterocycles. The third kappa shape index (κ3) is 7.42. The Morgan fingerprint density at radius 1 is 1.30 bits per heavy atom. The average molecular weight is 289 g/mol. The molecule has 1 N–H and O–H groups in total. The summed E-state index contributed by atoms with van der Waals surface area (Å²) in [6, 6.07) is 1.89. The lowest BCUT2D eigenvalue weighted by Gasteiger charge is -2.08. The molecule has 0 saturated carbocycles. The molecule has 5 nitrogen and oxygen atoms in total. The highest BCUT2D eigenvalue weighted by atomic mass is 19.3. The summed E-state index contributed by atoms with van der Waals surface area (Å²) in [5, 5.41) is 3.19. The van der Waals surface area contributed by atoms with E-state index in [1.54, 1.807) is 7.11 Å². The van der Waals surface area contributed by atoms with Crippen molar-refractivity contribution in [1.29, 1.82) is 0 Å². The number of aryl methyl sites for hydroxylation is 1. The Morgan fingerprint density at radius 3 is 2.80 bits per heavy atom. The molecule has 0 saturated heterocycles. The zero-order valence-corrected chi connectivity index (χ0v) is 11.9. The topological polar surface area (TPSA) is 56.3 Å². The normalized spacial score (nSPS) is 11.2. The van der Waals surface area contributed by atoms with E-state index >= 15 is 0 Å². The molecule has 0 fully saturated rings. The number of aromatic nitrogens is 2. The standard InChI is InChI=1S/C13H21F2N3O2/c1-10-7-11(8-16-4-6-19-2)18-13(17-10)3-5-20-9-12(14)15/h7,12,16H,3-6,8-9H2,1-2H3. The van der Waals surface area contributed by atoms with Crippen molar-refractivity contribution in [2.24, 2.45) is 0 Å². The largest absolute Gasteiger partial charge is 0.383 e. The summed E-state index contributed by atoms with van der Waals surface area (Å²) in [5.41, 5.74) is 1.73. The summed E-state index contributed by atoms with van der Waals surface area (Å²) >= 11 is 0. The van der Waals surface area contributed by atoms with E-state index in [9.17, 15) is 8.78 Å². The van der Waals surface area contributed by atoms with Gasteiger partial charge < -0.3 is 14.8 Å². The lowest BCUT2D eigenvalue weighted by Crippen LogP contribution is -2.20. The fraction of sp³-hybridized carbons (Fsp3) is 0.692. The summed E-state index contributed by atoms with van der Waals surface area (Å²) < 4.78 is 33.6. The monoisotopic (exact) mass is 289 g/mol. The van der Waals surface area contributed by atoms with Crippen LogP contribution in [0.25, 0.3) is 0 Å². The van der Waals surface area contributed by atoms with Gasteiger partial charge in [-0.2, -0.15) is 0 Å². The number of rotatable bonds is 10. The molecule has 0 unspecified atom stereocenters. The minimum Gasteiger partial charge on any atom is -0.383 e. The third-order valence-electron chi connectivity index (χ3n) is 2.46. The van der Waals surface area contributed by atoms with Gasteiger partial charge in [-0.25, -0.2) is 18.7 Å². The first-order chi connectivity index (χ1) is 9.61. The molecule has 1 rings (SSSR count). The van der Waals surface area contributed by atoms with Gasteiger partial charge in [0.05, 0.1) is 18.9 Å². The van der Waals surface area contributed by atoms with Gasteiger partial charge >= 0.3 is 0 Å². The molecular formula is C13H21F2N3O2. The Kier molecular flexibility index (Phi) is 8.17. The van der Waals surface area contributed by atoms with Crippen LogP contribution in [0.4, 0.5) is 8.78 Å². The average Bonchev–Trinajstić information content (AvgIpc) is 2.39. The maximum atomic E-state index is 11.9. The molecule has 0 aliphatic carbocycles. The van der Waals surface area contributed by atoms with Gasteiger partial charge in [0, 0.05) is 32.3 Å². The minimum atomic E-state index is -2.44. The van der Waals surface area contributed by atoms with Crippen LogP contribution in [0.5, 0.6) is 0 Å². The van der Waals surface area contributed by atoms with Crippen molar-refractivity contribution in [2.45, 2.75) is 26.3 Å².